The third kappa shape index (κ3) is 6.48. The number of carbonyl (C=O) groups excluding carboxylic acids is 2. The smallest absolute Gasteiger partial charge is 0.475 e. The number of rotatable bonds is 4. The van der Waals surface area contributed by atoms with Crippen LogP contribution in [0.15, 0.2) is 36.7 Å². The van der Waals surface area contributed by atoms with Gasteiger partial charge in [-0.3, -0.25) is 10.1 Å². The Balaban J connectivity index is 0.000000429. The second-order valence-electron chi connectivity index (χ2n) is 7.36. The van der Waals surface area contributed by atoms with Gasteiger partial charge in [0.2, 0.25) is 5.91 Å². The number of halogens is 4. The first-order valence-electron chi connectivity index (χ1n) is 9.82. The summed E-state index contributed by atoms with van der Waals surface area (Å²) in [6.45, 7) is 0.493. The number of aromatic nitrogens is 2. The standard InChI is InChI=1S/C18H17ClN6O2S.C2HF3O2/c19-13-3-4-14(28-13)24-17(27)25-18(5-6-21-16(18)26)8-10-1-2-11-12(7-10)22-9-23-15(11)20;3-2(4,5)1(6)7/h1-4,7,9H,5-6,8H2,(H,21,26)(H2,20,22,23)(H2,24,25,27);(H,6,7)/t18-;/m0./s1. The van der Waals surface area contributed by atoms with Crippen molar-refractivity contribution in [1.82, 2.24) is 20.6 Å². The largest absolute Gasteiger partial charge is 0.490 e. The first-order chi connectivity index (χ1) is 16.4. The van der Waals surface area contributed by atoms with Gasteiger partial charge in [-0.25, -0.2) is 19.6 Å². The van der Waals surface area contributed by atoms with Gasteiger partial charge in [0.05, 0.1) is 14.9 Å². The van der Waals surface area contributed by atoms with Gasteiger partial charge >= 0.3 is 18.2 Å². The van der Waals surface area contributed by atoms with Crippen molar-refractivity contribution in [3.05, 3.63) is 46.6 Å². The van der Waals surface area contributed by atoms with Crippen LogP contribution < -0.4 is 21.7 Å². The number of carboxylic acids is 1. The molecule has 0 unspecified atom stereocenters. The van der Waals surface area contributed by atoms with E-state index in [1.165, 1.54) is 17.7 Å². The molecule has 0 saturated carbocycles. The number of nitrogen functional groups attached to an aromatic ring is 1. The number of hydrogen-bond donors (Lipinski definition) is 5. The van der Waals surface area contributed by atoms with E-state index in [2.05, 4.69) is 25.9 Å². The Hall–Kier alpha value is -3.65. The monoisotopic (exact) mass is 530 g/mol. The van der Waals surface area contributed by atoms with Gasteiger partial charge in [-0.15, -0.1) is 11.3 Å². The van der Waals surface area contributed by atoms with Crippen molar-refractivity contribution in [2.45, 2.75) is 24.6 Å². The molecule has 10 nitrogen and oxygen atoms in total. The molecule has 35 heavy (non-hydrogen) atoms. The predicted octanol–water partition coefficient (Wildman–Crippen LogP) is 3.18. The van der Waals surface area contributed by atoms with Gasteiger partial charge in [-0.1, -0.05) is 17.7 Å². The number of thiophene rings is 1. The number of nitrogens with one attached hydrogen (secondary N) is 3. The van der Waals surface area contributed by atoms with E-state index >= 15 is 0 Å². The Labute approximate surface area is 204 Å². The van der Waals surface area contributed by atoms with Crippen molar-refractivity contribution >= 4 is 62.6 Å². The maximum absolute atomic E-state index is 12.6. The lowest BCUT2D eigenvalue weighted by molar-refractivity contribution is -0.192. The summed E-state index contributed by atoms with van der Waals surface area (Å²) in [5.74, 6) is -2.57. The van der Waals surface area contributed by atoms with Crippen molar-refractivity contribution in [1.29, 1.82) is 0 Å². The molecule has 3 heterocycles. The van der Waals surface area contributed by atoms with Crippen molar-refractivity contribution in [2.24, 2.45) is 0 Å². The number of nitrogens with zero attached hydrogens (tertiary/aromatic N) is 2. The molecule has 6 N–H and O–H groups in total. The Bertz CT molecular complexity index is 1270. The minimum atomic E-state index is -5.08. The number of nitrogens with two attached hydrogens (primary N) is 1. The van der Waals surface area contributed by atoms with E-state index in [4.69, 9.17) is 27.2 Å². The van der Waals surface area contributed by atoms with E-state index in [1.807, 2.05) is 18.2 Å². The summed E-state index contributed by atoms with van der Waals surface area (Å²) < 4.78 is 32.3. The molecule has 186 valence electrons. The van der Waals surface area contributed by atoms with Crippen molar-refractivity contribution in [2.75, 3.05) is 17.6 Å². The van der Waals surface area contributed by atoms with Crippen LogP contribution in [0.5, 0.6) is 0 Å². The minimum absolute atomic E-state index is 0.214. The first-order valence-corrected chi connectivity index (χ1v) is 11.0. The van der Waals surface area contributed by atoms with Gasteiger partial charge in [-0.05, 0) is 36.2 Å². The number of fused-ring (bicyclic) bond motifs is 1. The number of carboxylic acid groups (broad SMARTS) is 1. The highest BCUT2D eigenvalue weighted by molar-refractivity contribution is 7.20. The SMILES string of the molecule is Nc1ncnc2cc(C[C@@]3(NC(=O)Nc4ccc(Cl)s4)CCNC3=O)ccc12.O=C(O)C(F)(F)F. The molecule has 0 aliphatic carbocycles. The molecule has 1 aliphatic rings. The molecule has 1 aromatic carbocycles. The fourth-order valence-electron chi connectivity index (χ4n) is 3.33. The highest BCUT2D eigenvalue weighted by Gasteiger charge is 2.44. The fraction of sp³-hybridized carbons (Fsp3) is 0.250. The Morgan fingerprint density at radius 3 is 2.54 bits per heavy atom. The number of hydrogen-bond acceptors (Lipinski definition) is 7. The van der Waals surface area contributed by atoms with Gasteiger partial charge in [0.25, 0.3) is 0 Å². The first kappa shape index (κ1) is 26.0. The average molecular weight is 531 g/mol. The van der Waals surface area contributed by atoms with Crippen LogP contribution in [-0.4, -0.2) is 51.2 Å². The van der Waals surface area contributed by atoms with Gasteiger partial charge in [0, 0.05) is 18.4 Å². The topological polar surface area (TPSA) is 159 Å². The predicted molar refractivity (Wildman–Crippen MR) is 123 cm³/mol. The lowest BCUT2D eigenvalue weighted by Gasteiger charge is -2.27. The Morgan fingerprint density at radius 1 is 1.26 bits per heavy atom. The van der Waals surface area contributed by atoms with E-state index in [1.54, 1.807) is 12.1 Å². The molecule has 1 aliphatic heterocycles. The van der Waals surface area contributed by atoms with E-state index in [0.717, 1.165) is 10.9 Å². The summed E-state index contributed by atoms with van der Waals surface area (Å²) in [6.07, 6.45) is -2.87. The van der Waals surface area contributed by atoms with Crippen LogP contribution in [0.1, 0.15) is 12.0 Å². The van der Waals surface area contributed by atoms with Crippen molar-refractivity contribution in [3.8, 4) is 0 Å². The number of aliphatic carboxylic acids is 1. The second-order valence-corrected chi connectivity index (χ2v) is 9.08. The summed E-state index contributed by atoms with van der Waals surface area (Å²) in [5.41, 5.74) is 6.38. The van der Waals surface area contributed by atoms with E-state index in [0.29, 0.717) is 40.1 Å². The van der Waals surface area contributed by atoms with E-state index in [-0.39, 0.29) is 5.91 Å². The highest BCUT2D eigenvalue weighted by atomic mass is 35.5. The van der Waals surface area contributed by atoms with Gasteiger partial charge < -0.3 is 21.5 Å². The van der Waals surface area contributed by atoms with Crippen LogP contribution in [-0.2, 0) is 16.0 Å². The summed E-state index contributed by atoms with van der Waals surface area (Å²) in [6, 6.07) is 8.51. The Kier molecular flexibility index (Phi) is 7.65. The molecule has 1 saturated heterocycles. The zero-order valence-electron chi connectivity index (χ0n) is 17.6. The Morgan fingerprint density at radius 2 is 1.97 bits per heavy atom. The van der Waals surface area contributed by atoms with Crippen LogP contribution in [0.3, 0.4) is 0 Å². The number of amides is 3. The third-order valence-corrected chi connectivity index (χ3v) is 6.06. The fourth-order valence-corrected chi connectivity index (χ4v) is 4.27. The molecular weight excluding hydrogens is 513 g/mol. The normalized spacial score (nSPS) is 17.3. The van der Waals surface area contributed by atoms with E-state index in [9.17, 15) is 22.8 Å². The summed E-state index contributed by atoms with van der Waals surface area (Å²) in [4.78, 5) is 42.2. The number of benzene rings is 1. The quantitative estimate of drug-likeness (QED) is 0.346. The van der Waals surface area contributed by atoms with Gasteiger partial charge in [-0.2, -0.15) is 13.2 Å². The molecule has 1 fully saturated rings. The average Bonchev–Trinajstić information content (AvgIpc) is 3.33. The molecule has 2 aromatic heterocycles. The van der Waals surface area contributed by atoms with E-state index < -0.39 is 23.7 Å². The van der Waals surface area contributed by atoms with Gasteiger partial charge in [0.15, 0.2) is 0 Å². The molecule has 0 spiro atoms. The highest BCUT2D eigenvalue weighted by Crippen LogP contribution is 2.28. The van der Waals surface area contributed by atoms with Crippen LogP contribution in [0.2, 0.25) is 4.34 Å². The minimum Gasteiger partial charge on any atom is -0.475 e. The third-order valence-electron chi connectivity index (χ3n) is 4.91. The van der Waals surface area contributed by atoms with Crippen LogP contribution in [0, 0.1) is 0 Å². The van der Waals surface area contributed by atoms with Crippen molar-refractivity contribution < 1.29 is 32.7 Å². The molecule has 0 bridgehead atoms. The lowest BCUT2D eigenvalue weighted by Crippen LogP contribution is -2.56. The lowest BCUT2D eigenvalue weighted by atomic mass is 9.89. The number of anilines is 2. The molecule has 0 radical (unpaired) electrons. The molecule has 15 heteroatoms. The molecular formula is C20H18ClF3N6O4S. The molecule has 1 atom stereocenters. The summed E-state index contributed by atoms with van der Waals surface area (Å²) in [5, 5.41) is 16.9. The van der Waals surface area contributed by atoms with Crippen LogP contribution in [0.25, 0.3) is 10.9 Å². The summed E-state index contributed by atoms with van der Waals surface area (Å²) >= 11 is 7.14. The van der Waals surface area contributed by atoms with Crippen LogP contribution in [0.4, 0.5) is 28.8 Å². The van der Waals surface area contributed by atoms with Crippen LogP contribution >= 0.6 is 22.9 Å². The number of urea groups is 1. The summed E-state index contributed by atoms with van der Waals surface area (Å²) in [7, 11) is 0. The zero-order chi connectivity index (χ0) is 25.8. The zero-order valence-corrected chi connectivity index (χ0v) is 19.2. The maximum Gasteiger partial charge on any atom is 0.490 e. The number of alkyl halides is 3. The second kappa shape index (κ2) is 10.3. The molecule has 4 rings (SSSR count). The van der Waals surface area contributed by atoms with Crippen molar-refractivity contribution in [3.63, 3.8) is 0 Å². The molecule has 3 aromatic rings. The number of carbonyl (C=O) groups is 3. The maximum atomic E-state index is 12.6. The van der Waals surface area contributed by atoms with Gasteiger partial charge in [0.1, 0.15) is 17.7 Å². The molecule has 3 amide bonds.